The summed E-state index contributed by atoms with van der Waals surface area (Å²) >= 11 is 0. The van der Waals surface area contributed by atoms with E-state index in [1.807, 2.05) is 0 Å². The fourth-order valence-corrected chi connectivity index (χ4v) is 2.80. The molecule has 21 heavy (non-hydrogen) atoms. The zero-order valence-electron chi connectivity index (χ0n) is 14.0. The summed E-state index contributed by atoms with van der Waals surface area (Å²) in [5, 5.41) is 0. The Morgan fingerprint density at radius 3 is 0.571 bits per heavy atom. The molecule has 0 unspecified atom stereocenters. The van der Waals surface area contributed by atoms with Crippen molar-refractivity contribution in [1.29, 1.82) is 0 Å². The van der Waals surface area contributed by atoms with Crippen molar-refractivity contribution in [3.63, 3.8) is 0 Å². The summed E-state index contributed by atoms with van der Waals surface area (Å²) in [7, 11) is 0. The second-order valence-electron chi connectivity index (χ2n) is 6.30. The van der Waals surface area contributed by atoms with Crippen molar-refractivity contribution < 1.29 is 0 Å². The minimum absolute atomic E-state index is 0. The third kappa shape index (κ3) is 25.3. The van der Waals surface area contributed by atoms with Gasteiger partial charge < -0.3 is 0 Å². The number of unbranched alkanes of at least 4 members (excludes halogenated alkanes) is 16. The lowest BCUT2D eigenvalue weighted by atomic mass is 10.0. The van der Waals surface area contributed by atoms with E-state index < -0.39 is 0 Å². The zero-order chi connectivity index (χ0) is 14.0. The Labute approximate surface area is 138 Å². The molecule has 0 aromatic rings. The lowest BCUT2D eigenvalue weighted by molar-refractivity contribution is 0.529. The van der Waals surface area contributed by atoms with Crippen molar-refractivity contribution in [3.8, 4) is 0 Å². The molecule has 0 heteroatoms. The molecule has 0 rings (SSSR count). The average Bonchev–Trinajstić information content (AvgIpc) is 2.43. The minimum atomic E-state index is 0. The fraction of sp³-hybridized carbons (Fsp3) is 1.00. The van der Waals surface area contributed by atoms with Gasteiger partial charge >= 0.3 is 0 Å². The summed E-state index contributed by atoms with van der Waals surface area (Å²) in [6.45, 7) is 4.59. The van der Waals surface area contributed by atoms with Gasteiger partial charge in [-0.25, -0.2) is 0 Å². The summed E-state index contributed by atoms with van der Waals surface area (Å²) in [5.41, 5.74) is 0. The molecule has 0 aliphatic carbocycles. The van der Waals surface area contributed by atoms with Gasteiger partial charge in [-0.2, -0.15) is 0 Å². The van der Waals surface area contributed by atoms with Crippen molar-refractivity contribution in [2.24, 2.45) is 0 Å². The van der Waals surface area contributed by atoms with Crippen LogP contribution < -0.4 is 0 Å². The molecule has 0 aromatic heterocycles. The highest BCUT2D eigenvalue weighted by Crippen LogP contribution is 2.13. The van der Waals surface area contributed by atoms with Crippen LogP contribution in [0, 0.1) is 0 Å². The van der Waals surface area contributed by atoms with E-state index >= 15 is 0 Å². The highest BCUT2D eigenvalue weighted by molar-refractivity contribution is 4.49. The van der Waals surface area contributed by atoms with Gasteiger partial charge in [0, 0.05) is 0 Å². The fourth-order valence-electron chi connectivity index (χ4n) is 2.80. The van der Waals surface area contributed by atoms with Gasteiger partial charge in [0.15, 0.2) is 0 Å². The molecule has 0 amide bonds. The van der Waals surface area contributed by atoms with Gasteiger partial charge in [-0.05, 0) is 0 Å². The molecule has 0 heterocycles. The maximum absolute atomic E-state index is 2.30. The number of hydrogen-bond donors (Lipinski definition) is 0. The Morgan fingerprint density at radius 2 is 0.429 bits per heavy atom. The van der Waals surface area contributed by atoms with E-state index in [0.717, 1.165) is 0 Å². The van der Waals surface area contributed by atoms with Gasteiger partial charge in [0.05, 0.1) is 0 Å². The SMILES string of the molecule is C.C.CCCCCCCCCCCCCCCCCCC. The van der Waals surface area contributed by atoms with Gasteiger partial charge in [0.1, 0.15) is 0 Å². The van der Waals surface area contributed by atoms with E-state index in [9.17, 15) is 0 Å². The first-order valence-corrected chi connectivity index (χ1v) is 9.41. The quantitative estimate of drug-likeness (QED) is 0.249. The Bertz CT molecular complexity index is 123. The van der Waals surface area contributed by atoms with Crippen LogP contribution >= 0.6 is 0 Å². The predicted molar refractivity (Wildman–Crippen MR) is 103 cm³/mol. The van der Waals surface area contributed by atoms with E-state index in [1.165, 1.54) is 109 Å². The van der Waals surface area contributed by atoms with Crippen molar-refractivity contribution in [1.82, 2.24) is 0 Å². The van der Waals surface area contributed by atoms with Crippen LogP contribution in [0.1, 0.15) is 138 Å². The first-order valence-electron chi connectivity index (χ1n) is 9.41. The van der Waals surface area contributed by atoms with Gasteiger partial charge in [0.25, 0.3) is 0 Å². The molecular formula is C21H48. The maximum atomic E-state index is 2.30. The van der Waals surface area contributed by atoms with Crippen LogP contribution in [0.3, 0.4) is 0 Å². The lowest BCUT2D eigenvalue weighted by Crippen LogP contribution is -1.83. The Kier molecular flexibility index (Phi) is 30.8. The molecule has 0 N–H and O–H groups in total. The molecular weight excluding hydrogens is 252 g/mol. The van der Waals surface area contributed by atoms with Gasteiger partial charge in [0.2, 0.25) is 0 Å². The topological polar surface area (TPSA) is 0 Å². The molecule has 0 radical (unpaired) electrons. The summed E-state index contributed by atoms with van der Waals surface area (Å²) in [6.07, 6.45) is 24.9. The van der Waals surface area contributed by atoms with Crippen molar-refractivity contribution >= 4 is 0 Å². The van der Waals surface area contributed by atoms with E-state index in [1.54, 1.807) is 0 Å². The molecule has 0 nitrogen and oxygen atoms in total. The highest BCUT2D eigenvalue weighted by Gasteiger charge is 1.94. The molecule has 0 saturated carbocycles. The minimum Gasteiger partial charge on any atom is -0.0776 e. The van der Waals surface area contributed by atoms with E-state index in [4.69, 9.17) is 0 Å². The zero-order valence-corrected chi connectivity index (χ0v) is 14.0. The van der Waals surface area contributed by atoms with Crippen LogP contribution in [0.15, 0.2) is 0 Å². The summed E-state index contributed by atoms with van der Waals surface area (Å²) in [5.74, 6) is 0. The second kappa shape index (κ2) is 25.0. The van der Waals surface area contributed by atoms with E-state index in [0.29, 0.717) is 0 Å². The molecule has 0 aliphatic rings. The average molecular weight is 301 g/mol. The third-order valence-corrected chi connectivity index (χ3v) is 4.21. The van der Waals surface area contributed by atoms with Crippen LogP contribution in [0.25, 0.3) is 0 Å². The molecule has 0 fully saturated rings. The van der Waals surface area contributed by atoms with Crippen LogP contribution in [0.5, 0.6) is 0 Å². The Hall–Kier alpha value is 0. The molecule has 0 saturated heterocycles. The Balaban J connectivity index is -0.00000162. The molecule has 0 aliphatic heterocycles. The Morgan fingerprint density at radius 1 is 0.286 bits per heavy atom. The van der Waals surface area contributed by atoms with Crippen molar-refractivity contribution in [2.45, 2.75) is 138 Å². The van der Waals surface area contributed by atoms with Gasteiger partial charge in [-0.1, -0.05) is 138 Å². The summed E-state index contributed by atoms with van der Waals surface area (Å²) in [4.78, 5) is 0. The monoisotopic (exact) mass is 300 g/mol. The third-order valence-electron chi connectivity index (χ3n) is 4.21. The van der Waals surface area contributed by atoms with Crippen LogP contribution in [0.2, 0.25) is 0 Å². The lowest BCUT2D eigenvalue weighted by Gasteiger charge is -2.03. The molecule has 132 valence electrons. The molecule has 0 aromatic carbocycles. The predicted octanol–water partition coefficient (Wildman–Crippen LogP) is 8.93. The van der Waals surface area contributed by atoms with E-state index in [-0.39, 0.29) is 14.9 Å². The number of rotatable bonds is 16. The molecule has 0 bridgehead atoms. The molecule has 0 atom stereocenters. The van der Waals surface area contributed by atoms with Crippen molar-refractivity contribution in [3.05, 3.63) is 0 Å². The normalized spacial score (nSPS) is 10.0. The van der Waals surface area contributed by atoms with Crippen LogP contribution in [0.4, 0.5) is 0 Å². The largest absolute Gasteiger partial charge is 0.0776 e. The van der Waals surface area contributed by atoms with E-state index in [2.05, 4.69) is 13.8 Å². The maximum Gasteiger partial charge on any atom is -0.0533 e. The first kappa shape index (κ1) is 25.9. The highest BCUT2D eigenvalue weighted by atomic mass is 14.0. The first-order chi connectivity index (χ1) is 9.41. The standard InChI is InChI=1S/C19H40.2CH4/c1-3-5-7-9-11-13-15-17-19-18-16-14-12-10-8-6-4-2;;/h3-19H2,1-2H3;2*1H4. The smallest absolute Gasteiger partial charge is 0.0533 e. The van der Waals surface area contributed by atoms with Gasteiger partial charge in [-0.3, -0.25) is 0 Å². The summed E-state index contributed by atoms with van der Waals surface area (Å²) < 4.78 is 0. The molecule has 0 spiro atoms. The van der Waals surface area contributed by atoms with Gasteiger partial charge in [-0.15, -0.1) is 0 Å². The second-order valence-corrected chi connectivity index (χ2v) is 6.30. The summed E-state index contributed by atoms with van der Waals surface area (Å²) in [6, 6.07) is 0. The van der Waals surface area contributed by atoms with Crippen molar-refractivity contribution in [2.75, 3.05) is 0 Å². The van der Waals surface area contributed by atoms with Crippen LogP contribution in [-0.2, 0) is 0 Å². The van der Waals surface area contributed by atoms with Crippen LogP contribution in [-0.4, -0.2) is 0 Å². The number of hydrogen-bond acceptors (Lipinski definition) is 0.